The highest BCUT2D eigenvalue weighted by molar-refractivity contribution is 5.84. The first kappa shape index (κ1) is 12.0. The van der Waals surface area contributed by atoms with Crippen LogP contribution in [0.25, 0.3) is 0 Å². The Hall–Kier alpha value is -1.47. The second-order valence-corrected chi connectivity index (χ2v) is 4.23. The lowest BCUT2D eigenvalue weighted by atomic mass is 10.1. The number of hydrogen-bond acceptors (Lipinski definition) is 5. The number of carboxylic acids is 1. The van der Waals surface area contributed by atoms with Crippen LogP contribution in [0.2, 0.25) is 0 Å². The van der Waals surface area contributed by atoms with Crippen molar-refractivity contribution in [3.8, 4) is 0 Å². The van der Waals surface area contributed by atoms with Crippen LogP contribution in [0, 0.1) is 0 Å². The zero-order valence-electron chi connectivity index (χ0n) is 9.49. The van der Waals surface area contributed by atoms with Gasteiger partial charge in [-0.2, -0.15) is 0 Å². The van der Waals surface area contributed by atoms with Crippen molar-refractivity contribution in [1.82, 2.24) is 19.9 Å². The van der Waals surface area contributed by atoms with Crippen LogP contribution in [-0.4, -0.2) is 62.3 Å². The van der Waals surface area contributed by atoms with E-state index in [4.69, 9.17) is 10.2 Å². The molecule has 2 heterocycles. The number of carboxylic acid groups (broad SMARTS) is 1. The van der Waals surface area contributed by atoms with Gasteiger partial charge in [0.05, 0.1) is 12.2 Å². The highest BCUT2D eigenvalue weighted by Crippen LogP contribution is 2.20. The van der Waals surface area contributed by atoms with E-state index in [2.05, 4.69) is 15.2 Å². The molecule has 17 heavy (non-hydrogen) atoms. The third kappa shape index (κ3) is 2.80. The number of rotatable bonds is 6. The fourth-order valence-corrected chi connectivity index (χ4v) is 1.89. The van der Waals surface area contributed by atoms with E-state index in [9.17, 15) is 4.79 Å². The van der Waals surface area contributed by atoms with E-state index in [0.29, 0.717) is 0 Å². The van der Waals surface area contributed by atoms with Gasteiger partial charge in [-0.1, -0.05) is 5.21 Å². The van der Waals surface area contributed by atoms with Gasteiger partial charge in [0, 0.05) is 19.7 Å². The SMILES string of the molecule is O=C(O)c1cn(C2CN(CCCCO)C2)nn1. The number of unbranched alkanes of at least 4 members (excludes halogenated alkanes) is 1. The van der Waals surface area contributed by atoms with Gasteiger partial charge in [-0.25, -0.2) is 9.48 Å². The standard InChI is InChI=1S/C10H16N4O3/c15-4-2-1-3-13-5-8(6-13)14-7-9(10(16)17)11-12-14/h7-8,15H,1-6H2,(H,16,17). The maximum atomic E-state index is 10.6. The van der Waals surface area contributed by atoms with Gasteiger partial charge in [0.15, 0.2) is 5.69 Å². The van der Waals surface area contributed by atoms with Crippen molar-refractivity contribution in [1.29, 1.82) is 0 Å². The number of carbonyl (C=O) groups is 1. The largest absolute Gasteiger partial charge is 0.476 e. The van der Waals surface area contributed by atoms with Crippen molar-refractivity contribution in [2.75, 3.05) is 26.2 Å². The maximum absolute atomic E-state index is 10.6. The first-order chi connectivity index (χ1) is 8.20. The lowest BCUT2D eigenvalue weighted by molar-refractivity contribution is 0.0690. The molecule has 2 rings (SSSR count). The van der Waals surface area contributed by atoms with Crippen molar-refractivity contribution < 1.29 is 15.0 Å². The Morgan fingerprint density at radius 1 is 1.47 bits per heavy atom. The van der Waals surface area contributed by atoms with Gasteiger partial charge in [0.2, 0.25) is 0 Å². The molecule has 0 bridgehead atoms. The minimum atomic E-state index is -1.05. The van der Waals surface area contributed by atoms with Gasteiger partial charge in [-0.15, -0.1) is 5.10 Å². The summed E-state index contributed by atoms with van der Waals surface area (Å²) in [5, 5.41) is 24.8. The van der Waals surface area contributed by atoms with E-state index in [0.717, 1.165) is 32.5 Å². The van der Waals surface area contributed by atoms with Crippen LogP contribution in [-0.2, 0) is 0 Å². The van der Waals surface area contributed by atoms with Crippen LogP contribution in [0.5, 0.6) is 0 Å². The summed E-state index contributed by atoms with van der Waals surface area (Å²) >= 11 is 0. The highest BCUT2D eigenvalue weighted by atomic mass is 16.4. The van der Waals surface area contributed by atoms with E-state index in [1.54, 1.807) is 4.68 Å². The fourth-order valence-electron chi connectivity index (χ4n) is 1.89. The minimum absolute atomic E-state index is 0.0104. The predicted octanol–water partition coefficient (Wildman–Crippen LogP) is -0.395. The Balaban J connectivity index is 1.76. The molecule has 7 heteroatoms. The quantitative estimate of drug-likeness (QED) is 0.658. The normalized spacial score (nSPS) is 17.0. The van der Waals surface area contributed by atoms with Gasteiger partial charge in [-0.3, -0.25) is 4.90 Å². The molecule has 7 nitrogen and oxygen atoms in total. The van der Waals surface area contributed by atoms with Gasteiger partial charge in [-0.05, 0) is 19.4 Å². The summed E-state index contributed by atoms with van der Waals surface area (Å²) in [6.45, 7) is 2.95. The third-order valence-corrected chi connectivity index (χ3v) is 2.92. The molecule has 1 aliphatic heterocycles. The van der Waals surface area contributed by atoms with Crippen LogP contribution in [0.1, 0.15) is 29.4 Å². The number of aliphatic hydroxyl groups excluding tert-OH is 1. The van der Waals surface area contributed by atoms with Crippen LogP contribution in [0.4, 0.5) is 0 Å². The van der Waals surface area contributed by atoms with E-state index in [-0.39, 0.29) is 18.3 Å². The maximum Gasteiger partial charge on any atom is 0.358 e. The number of aromatic carboxylic acids is 1. The molecule has 1 saturated heterocycles. The molecule has 0 amide bonds. The Labute approximate surface area is 98.7 Å². The monoisotopic (exact) mass is 240 g/mol. The molecule has 0 saturated carbocycles. The topological polar surface area (TPSA) is 91.5 Å². The Kier molecular flexibility index (Phi) is 3.70. The van der Waals surface area contributed by atoms with Crippen LogP contribution >= 0.6 is 0 Å². The third-order valence-electron chi connectivity index (χ3n) is 2.92. The Morgan fingerprint density at radius 2 is 2.24 bits per heavy atom. The molecule has 1 fully saturated rings. The lowest BCUT2D eigenvalue weighted by Gasteiger charge is -2.38. The van der Waals surface area contributed by atoms with Crippen molar-refractivity contribution >= 4 is 5.97 Å². The van der Waals surface area contributed by atoms with Gasteiger partial charge in [0.1, 0.15) is 0 Å². The first-order valence-corrected chi connectivity index (χ1v) is 5.69. The van der Waals surface area contributed by atoms with Crippen LogP contribution in [0.15, 0.2) is 6.20 Å². The van der Waals surface area contributed by atoms with Crippen molar-refractivity contribution in [2.45, 2.75) is 18.9 Å². The van der Waals surface area contributed by atoms with E-state index < -0.39 is 5.97 Å². The number of hydrogen-bond donors (Lipinski definition) is 2. The van der Waals surface area contributed by atoms with E-state index in [1.807, 2.05) is 0 Å². The Bertz CT molecular complexity index is 387. The van der Waals surface area contributed by atoms with Crippen LogP contribution < -0.4 is 0 Å². The molecule has 1 aromatic rings. The smallest absolute Gasteiger partial charge is 0.358 e. The number of nitrogens with zero attached hydrogens (tertiary/aromatic N) is 4. The predicted molar refractivity (Wildman–Crippen MR) is 58.8 cm³/mol. The van der Waals surface area contributed by atoms with Crippen molar-refractivity contribution in [3.05, 3.63) is 11.9 Å². The average molecular weight is 240 g/mol. The molecule has 2 N–H and O–H groups in total. The second-order valence-electron chi connectivity index (χ2n) is 4.23. The molecule has 0 aliphatic carbocycles. The molecule has 94 valence electrons. The molecule has 1 aromatic heterocycles. The summed E-state index contributed by atoms with van der Waals surface area (Å²) in [6, 6.07) is 0.227. The van der Waals surface area contributed by atoms with E-state index in [1.165, 1.54) is 6.20 Å². The summed E-state index contributed by atoms with van der Waals surface area (Å²) in [4.78, 5) is 12.9. The summed E-state index contributed by atoms with van der Waals surface area (Å²) in [6.07, 6.45) is 3.28. The summed E-state index contributed by atoms with van der Waals surface area (Å²) < 4.78 is 1.62. The minimum Gasteiger partial charge on any atom is -0.476 e. The zero-order valence-corrected chi connectivity index (χ0v) is 9.49. The number of aliphatic hydroxyl groups is 1. The molecule has 0 unspecified atom stereocenters. The summed E-state index contributed by atoms with van der Waals surface area (Å²) in [5.74, 6) is -1.05. The van der Waals surface area contributed by atoms with Gasteiger partial charge >= 0.3 is 5.97 Å². The summed E-state index contributed by atoms with van der Waals surface area (Å²) in [5.41, 5.74) is -0.0104. The zero-order chi connectivity index (χ0) is 12.3. The number of likely N-dealkylation sites (tertiary alicyclic amines) is 1. The van der Waals surface area contributed by atoms with Crippen molar-refractivity contribution in [3.63, 3.8) is 0 Å². The molecule has 0 aromatic carbocycles. The second kappa shape index (κ2) is 5.24. The molecular weight excluding hydrogens is 224 g/mol. The van der Waals surface area contributed by atoms with Crippen LogP contribution in [0.3, 0.4) is 0 Å². The molecule has 0 atom stereocenters. The molecule has 1 aliphatic rings. The Morgan fingerprint density at radius 3 is 2.82 bits per heavy atom. The van der Waals surface area contributed by atoms with Crippen molar-refractivity contribution in [2.24, 2.45) is 0 Å². The molecule has 0 spiro atoms. The fraction of sp³-hybridized carbons (Fsp3) is 0.700. The van der Waals surface area contributed by atoms with E-state index >= 15 is 0 Å². The summed E-state index contributed by atoms with van der Waals surface area (Å²) in [7, 11) is 0. The molecule has 0 radical (unpaired) electrons. The number of aromatic nitrogens is 3. The highest BCUT2D eigenvalue weighted by Gasteiger charge is 2.28. The first-order valence-electron chi connectivity index (χ1n) is 5.69. The molecular formula is C10H16N4O3. The average Bonchev–Trinajstić information content (AvgIpc) is 2.70. The van der Waals surface area contributed by atoms with Gasteiger partial charge < -0.3 is 10.2 Å². The van der Waals surface area contributed by atoms with Gasteiger partial charge in [0.25, 0.3) is 0 Å². The lowest BCUT2D eigenvalue weighted by Crippen LogP contribution is -2.48.